The number of anilines is 1. The van der Waals surface area contributed by atoms with Crippen LogP contribution >= 0.6 is 11.3 Å². The van der Waals surface area contributed by atoms with Gasteiger partial charge in [0.25, 0.3) is 0 Å². The molecule has 1 unspecified atom stereocenters. The summed E-state index contributed by atoms with van der Waals surface area (Å²) in [7, 11) is 0. The largest absolute Gasteiger partial charge is 0.377 e. The second-order valence-corrected chi connectivity index (χ2v) is 6.19. The first-order valence-electron chi connectivity index (χ1n) is 6.59. The highest BCUT2D eigenvalue weighted by Gasteiger charge is 2.32. The molecule has 0 aromatic carbocycles. The lowest BCUT2D eigenvalue weighted by Crippen LogP contribution is -2.53. The second kappa shape index (κ2) is 5.55. The van der Waals surface area contributed by atoms with Gasteiger partial charge in [0, 0.05) is 18.0 Å². The van der Waals surface area contributed by atoms with E-state index in [1.54, 1.807) is 11.3 Å². The molecule has 1 aliphatic rings. The van der Waals surface area contributed by atoms with Crippen molar-refractivity contribution < 1.29 is 4.74 Å². The minimum atomic E-state index is 0.0365. The predicted octanol–water partition coefficient (Wildman–Crippen LogP) is 2.43. The smallest absolute Gasteiger partial charge is 0.186 e. The Morgan fingerprint density at radius 2 is 2.39 bits per heavy atom. The first-order chi connectivity index (χ1) is 8.54. The molecule has 1 saturated heterocycles. The van der Waals surface area contributed by atoms with Gasteiger partial charge in [0.05, 0.1) is 24.4 Å². The third-order valence-corrected chi connectivity index (χ3v) is 4.22. The fourth-order valence-corrected chi connectivity index (χ4v) is 3.33. The van der Waals surface area contributed by atoms with Crippen molar-refractivity contribution in [3.8, 4) is 0 Å². The normalized spacial score (nSPS) is 21.0. The van der Waals surface area contributed by atoms with Gasteiger partial charge in [-0.3, -0.25) is 0 Å². The predicted molar refractivity (Wildman–Crippen MR) is 76.4 cm³/mol. The Hall–Kier alpha value is -0.650. The molecule has 0 saturated carbocycles. The Morgan fingerprint density at radius 1 is 1.61 bits per heavy atom. The number of nitrogens with one attached hydrogen (secondary N) is 1. The van der Waals surface area contributed by atoms with Crippen molar-refractivity contribution in [1.29, 1.82) is 0 Å². The van der Waals surface area contributed by atoms with Crippen LogP contribution in [0.5, 0.6) is 0 Å². The van der Waals surface area contributed by atoms with Crippen molar-refractivity contribution in [2.75, 3.05) is 31.2 Å². The zero-order valence-corrected chi connectivity index (χ0v) is 12.5. The Kier molecular flexibility index (Phi) is 4.25. The van der Waals surface area contributed by atoms with Crippen LogP contribution in [-0.4, -0.2) is 36.8 Å². The van der Waals surface area contributed by atoms with Crippen LogP contribution in [0.4, 0.5) is 5.13 Å². The molecule has 5 heteroatoms. The number of aromatic nitrogens is 1. The van der Waals surface area contributed by atoms with Gasteiger partial charge in [-0.05, 0) is 27.3 Å². The maximum absolute atomic E-state index is 5.55. The van der Waals surface area contributed by atoms with Gasteiger partial charge >= 0.3 is 0 Å². The lowest BCUT2D eigenvalue weighted by atomic mass is 10.0. The quantitative estimate of drug-likeness (QED) is 0.911. The lowest BCUT2D eigenvalue weighted by Gasteiger charge is -2.42. The Labute approximate surface area is 113 Å². The maximum atomic E-state index is 5.55. The fraction of sp³-hybridized carbons (Fsp3) is 0.769. The van der Waals surface area contributed by atoms with Crippen LogP contribution in [-0.2, 0) is 4.74 Å². The summed E-state index contributed by atoms with van der Waals surface area (Å²) in [5, 5.41) is 6.67. The van der Waals surface area contributed by atoms with Gasteiger partial charge < -0.3 is 15.0 Å². The van der Waals surface area contributed by atoms with Crippen LogP contribution in [0.1, 0.15) is 39.4 Å². The molecule has 1 aromatic rings. The number of nitrogens with zero attached hydrogens (tertiary/aromatic N) is 2. The highest BCUT2D eigenvalue weighted by Crippen LogP contribution is 2.31. The molecule has 2 rings (SSSR count). The van der Waals surface area contributed by atoms with E-state index in [9.17, 15) is 0 Å². The number of thiazole rings is 1. The highest BCUT2D eigenvalue weighted by atomic mass is 32.1. The zero-order valence-electron chi connectivity index (χ0n) is 11.7. The third kappa shape index (κ3) is 2.84. The summed E-state index contributed by atoms with van der Waals surface area (Å²) in [6.07, 6.45) is 0. The van der Waals surface area contributed by atoms with E-state index in [1.165, 1.54) is 0 Å². The molecular formula is C13H23N3OS. The van der Waals surface area contributed by atoms with Crippen LogP contribution in [0.2, 0.25) is 0 Å². The standard InChI is InChI=1S/C13H23N3OS/c1-5-14-10(2)11-8-18-12(15-11)16-6-7-17-9-13(16,3)4/h8,10,14H,5-7,9H2,1-4H3. The molecule has 1 fully saturated rings. The molecule has 2 heterocycles. The van der Waals surface area contributed by atoms with Crippen LogP contribution in [0, 0.1) is 0 Å². The molecule has 0 spiro atoms. The van der Waals surface area contributed by atoms with E-state index in [4.69, 9.17) is 9.72 Å². The summed E-state index contributed by atoms with van der Waals surface area (Å²) in [5.74, 6) is 0. The van der Waals surface area contributed by atoms with Crippen molar-refractivity contribution in [3.63, 3.8) is 0 Å². The van der Waals surface area contributed by atoms with E-state index in [-0.39, 0.29) is 5.54 Å². The first-order valence-corrected chi connectivity index (χ1v) is 7.47. The lowest BCUT2D eigenvalue weighted by molar-refractivity contribution is 0.0643. The molecule has 0 radical (unpaired) electrons. The van der Waals surface area contributed by atoms with Crippen molar-refractivity contribution in [1.82, 2.24) is 10.3 Å². The summed E-state index contributed by atoms with van der Waals surface area (Å²) < 4.78 is 5.55. The van der Waals surface area contributed by atoms with Crippen LogP contribution in [0.3, 0.4) is 0 Å². The Bertz CT molecular complexity index is 391. The molecular weight excluding hydrogens is 246 g/mol. The number of rotatable bonds is 4. The van der Waals surface area contributed by atoms with Gasteiger partial charge in [-0.15, -0.1) is 11.3 Å². The minimum Gasteiger partial charge on any atom is -0.377 e. The van der Waals surface area contributed by atoms with Gasteiger partial charge in [0.1, 0.15) is 0 Å². The van der Waals surface area contributed by atoms with Crippen molar-refractivity contribution in [2.45, 2.75) is 39.3 Å². The monoisotopic (exact) mass is 269 g/mol. The average Bonchev–Trinajstić information content (AvgIpc) is 2.78. The Balaban J connectivity index is 2.13. The molecule has 4 nitrogen and oxygen atoms in total. The number of hydrogen-bond donors (Lipinski definition) is 1. The molecule has 18 heavy (non-hydrogen) atoms. The van der Waals surface area contributed by atoms with Gasteiger partial charge in [-0.1, -0.05) is 6.92 Å². The first kappa shape index (κ1) is 13.8. The molecule has 1 N–H and O–H groups in total. The number of morpholine rings is 1. The summed E-state index contributed by atoms with van der Waals surface area (Å²) in [6, 6.07) is 0.323. The van der Waals surface area contributed by atoms with E-state index in [1.807, 2.05) is 0 Å². The molecule has 0 aliphatic carbocycles. The molecule has 0 bridgehead atoms. The van der Waals surface area contributed by atoms with Crippen LogP contribution < -0.4 is 10.2 Å². The molecule has 1 aromatic heterocycles. The van der Waals surface area contributed by atoms with E-state index in [2.05, 4.69) is 43.3 Å². The zero-order chi connectivity index (χ0) is 13.2. The summed E-state index contributed by atoms with van der Waals surface area (Å²) in [4.78, 5) is 7.14. The van der Waals surface area contributed by atoms with Crippen molar-refractivity contribution >= 4 is 16.5 Å². The van der Waals surface area contributed by atoms with Crippen LogP contribution in [0.15, 0.2) is 5.38 Å². The van der Waals surface area contributed by atoms with E-state index >= 15 is 0 Å². The van der Waals surface area contributed by atoms with Crippen LogP contribution in [0.25, 0.3) is 0 Å². The summed E-state index contributed by atoms with van der Waals surface area (Å²) >= 11 is 1.73. The van der Waals surface area contributed by atoms with E-state index in [0.717, 1.165) is 37.1 Å². The molecule has 102 valence electrons. The molecule has 1 atom stereocenters. The van der Waals surface area contributed by atoms with Gasteiger partial charge in [0.2, 0.25) is 0 Å². The van der Waals surface area contributed by atoms with Gasteiger partial charge in [0.15, 0.2) is 5.13 Å². The molecule has 0 amide bonds. The average molecular weight is 269 g/mol. The van der Waals surface area contributed by atoms with Gasteiger partial charge in [-0.2, -0.15) is 0 Å². The summed E-state index contributed by atoms with van der Waals surface area (Å²) in [6.45, 7) is 12.2. The number of ether oxygens (including phenoxy) is 1. The second-order valence-electron chi connectivity index (χ2n) is 5.35. The van der Waals surface area contributed by atoms with E-state index in [0.29, 0.717) is 6.04 Å². The van der Waals surface area contributed by atoms with Crippen molar-refractivity contribution in [2.24, 2.45) is 0 Å². The number of hydrogen-bond acceptors (Lipinski definition) is 5. The Morgan fingerprint density at radius 3 is 3.06 bits per heavy atom. The SMILES string of the molecule is CCNC(C)c1csc(N2CCOCC2(C)C)n1. The van der Waals surface area contributed by atoms with E-state index < -0.39 is 0 Å². The highest BCUT2D eigenvalue weighted by molar-refractivity contribution is 7.13. The maximum Gasteiger partial charge on any atom is 0.186 e. The van der Waals surface area contributed by atoms with Gasteiger partial charge in [-0.25, -0.2) is 4.98 Å². The topological polar surface area (TPSA) is 37.4 Å². The fourth-order valence-electron chi connectivity index (χ4n) is 2.22. The molecule has 1 aliphatic heterocycles. The minimum absolute atomic E-state index is 0.0365. The summed E-state index contributed by atoms with van der Waals surface area (Å²) in [5.41, 5.74) is 1.17. The van der Waals surface area contributed by atoms with Crippen molar-refractivity contribution in [3.05, 3.63) is 11.1 Å². The third-order valence-electron chi connectivity index (χ3n) is 3.34.